The maximum Gasteiger partial charge on any atom is 0.335 e. The van der Waals surface area contributed by atoms with E-state index in [1.54, 1.807) is 0 Å². The largest absolute Gasteiger partial charge is 0.464 e. The second kappa shape index (κ2) is 9.30. The molecule has 1 aliphatic heterocycles. The molecular weight excluding hydrogens is 234 g/mol. The summed E-state index contributed by atoms with van der Waals surface area (Å²) in [6, 6.07) is 0. The van der Waals surface area contributed by atoms with Crippen molar-refractivity contribution in [2.75, 3.05) is 46.1 Å². The Labute approximate surface area is 109 Å². The van der Waals surface area contributed by atoms with Gasteiger partial charge in [-0.15, -0.1) is 0 Å². The first-order chi connectivity index (χ1) is 8.77. The molecule has 0 aromatic carbocycles. The molecule has 5 heteroatoms. The van der Waals surface area contributed by atoms with E-state index in [1.807, 2.05) is 13.8 Å². The number of esters is 1. The number of nitrogens with zero attached hydrogens (tertiary/aromatic N) is 1. The SMILES string of the molecule is CCOC(=O)C(CCCN1CCOCC1)OCC. The van der Waals surface area contributed by atoms with Crippen LogP contribution < -0.4 is 0 Å². The predicted octanol–water partition coefficient (Wildman–Crippen LogP) is 1.07. The van der Waals surface area contributed by atoms with Crippen LogP contribution in [0.4, 0.5) is 0 Å². The van der Waals surface area contributed by atoms with E-state index in [0.29, 0.717) is 13.2 Å². The lowest BCUT2D eigenvalue weighted by atomic mass is 10.2. The summed E-state index contributed by atoms with van der Waals surface area (Å²) in [5.74, 6) is -0.235. The van der Waals surface area contributed by atoms with Gasteiger partial charge in [0, 0.05) is 19.7 Å². The van der Waals surface area contributed by atoms with Crippen molar-refractivity contribution in [2.24, 2.45) is 0 Å². The summed E-state index contributed by atoms with van der Waals surface area (Å²) in [6.45, 7) is 9.25. The van der Waals surface area contributed by atoms with Crippen LogP contribution in [-0.2, 0) is 19.0 Å². The summed E-state index contributed by atoms with van der Waals surface area (Å²) in [5, 5.41) is 0. The lowest BCUT2D eigenvalue weighted by molar-refractivity contribution is -0.157. The Morgan fingerprint density at radius 1 is 1.28 bits per heavy atom. The zero-order valence-electron chi connectivity index (χ0n) is 11.5. The van der Waals surface area contributed by atoms with Crippen LogP contribution in [0.15, 0.2) is 0 Å². The fourth-order valence-electron chi connectivity index (χ4n) is 2.03. The third-order valence-corrected chi connectivity index (χ3v) is 2.96. The highest BCUT2D eigenvalue weighted by molar-refractivity contribution is 5.74. The van der Waals surface area contributed by atoms with Gasteiger partial charge in [0.15, 0.2) is 6.10 Å². The zero-order chi connectivity index (χ0) is 13.2. The first kappa shape index (κ1) is 15.4. The summed E-state index contributed by atoms with van der Waals surface area (Å²) in [4.78, 5) is 14.0. The molecule has 0 aromatic rings. The number of ether oxygens (including phenoxy) is 3. The monoisotopic (exact) mass is 259 g/mol. The van der Waals surface area contributed by atoms with Crippen LogP contribution in [0.1, 0.15) is 26.7 Å². The van der Waals surface area contributed by atoms with Crippen molar-refractivity contribution in [3.63, 3.8) is 0 Å². The summed E-state index contributed by atoms with van der Waals surface area (Å²) >= 11 is 0. The predicted molar refractivity (Wildman–Crippen MR) is 68.5 cm³/mol. The highest BCUT2D eigenvalue weighted by atomic mass is 16.6. The van der Waals surface area contributed by atoms with Gasteiger partial charge in [-0.25, -0.2) is 4.79 Å². The molecule has 0 saturated carbocycles. The van der Waals surface area contributed by atoms with Crippen LogP contribution in [0.25, 0.3) is 0 Å². The van der Waals surface area contributed by atoms with Crippen molar-refractivity contribution in [1.82, 2.24) is 4.90 Å². The second-order valence-corrected chi connectivity index (χ2v) is 4.29. The number of carbonyl (C=O) groups excluding carboxylic acids is 1. The van der Waals surface area contributed by atoms with E-state index in [-0.39, 0.29) is 5.97 Å². The van der Waals surface area contributed by atoms with Gasteiger partial charge in [0.05, 0.1) is 19.8 Å². The lowest BCUT2D eigenvalue weighted by Gasteiger charge is -2.27. The van der Waals surface area contributed by atoms with Crippen molar-refractivity contribution >= 4 is 5.97 Å². The Balaban J connectivity index is 2.21. The Kier molecular flexibility index (Phi) is 7.96. The quantitative estimate of drug-likeness (QED) is 0.610. The maximum absolute atomic E-state index is 11.6. The molecule has 1 aliphatic rings. The van der Waals surface area contributed by atoms with E-state index in [1.165, 1.54) is 0 Å². The van der Waals surface area contributed by atoms with Crippen molar-refractivity contribution in [3.8, 4) is 0 Å². The summed E-state index contributed by atoms with van der Waals surface area (Å²) in [6.07, 6.45) is 1.27. The van der Waals surface area contributed by atoms with E-state index < -0.39 is 6.10 Å². The van der Waals surface area contributed by atoms with E-state index in [9.17, 15) is 4.79 Å². The first-order valence-corrected chi connectivity index (χ1v) is 6.86. The lowest BCUT2D eigenvalue weighted by Crippen LogP contribution is -2.37. The minimum Gasteiger partial charge on any atom is -0.464 e. The number of hydrogen-bond donors (Lipinski definition) is 0. The topological polar surface area (TPSA) is 48.0 Å². The molecule has 0 radical (unpaired) electrons. The van der Waals surface area contributed by atoms with E-state index in [4.69, 9.17) is 14.2 Å². The van der Waals surface area contributed by atoms with Gasteiger partial charge in [-0.05, 0) is 33.2 Å². The van der Waals surface area contributed by atoms with E-state index in [2.05, 4.69) is 4.90 Å². The molecule has 0 bridgehead atoms. The summed E-state index contributed by atoms with van der Waals surface area (Å²) in [7, 11) is 0. The molecule has 0 N–H and O–H groups in total. The Morgan fingerprint density at radius 3 is 2.61 bits per heavy atom. The Hall–Kier alpha value is -0.650. The third-order valence-electron chi connectivity index (χ3n) is 2.96. The highest BCUT2D eigenvalue weighted by Gasteiger charge is 2.20. The molecule has 0 aromatic heterocycles. The molecule has 1 heterocycles. The number of morpholine rings is 1. The van der Waals surface area contributed by atoms with Gasteiger partial charge in [-0.1, -0.05) is 0 Å². The highest BCUT2D eigenvalue weighted by Crippen LogP contribution is 2.07. The van der Waals surface area contributed by atoms with Gasteiger partial charge in [0.2, 0.25) is 0 Å². The number of carbonyl (C=O) groups is 1. The summed E-state index contributed by atoms with van der Waals surface area (Å²) in [5.41, 5.74) is 0. The van der Waals surface area contributed by atoms with Crippen LogP contribution in [0.2, 0.25) is 0 Å². The minimum atomic E-state index is -0.406. The van der Waals surface area contributed by atoms with Crippen LogP contribution in [0, 0.1) is 0 Å². The first-order valence-electron chi connectivity index (χ1n) is 6.86. The molecule has 1 atom stereocenters. The van der Waals surface area contributed by atoms with Gasteiger partial charge < -0.3 is 14.2 Å². The molecule has 0 amide bonds. The van der Waals surface area contributed by atoms with E-state index in [0.717, 1.165) is 45.7 Å². The normalized spacial score (nSPS) is 18.6. The molecule has 5 nitrogen and oxygen atoms in total. The smallest absolute Gasteiger partial charge is 0.335 e. The second-order valence-electron chi connectivity index (χ2n) is 4.29. The fourth-order valence-corrected chi connectivity index (χ4v) is 2.03. The van der Waals surface area contributed by atoms with Crippen molar-refractivity contribution in [3.05, 3.63) is 0 Å². The van der Waals surface area contributed by atoms with Gasteiger partial charge >= 0.3 is 5.97 Å². The molecule has 0 aliphatic carbocycles. The average Bonchev–Trinajstić information content (AvgIpc) is 2.39. The van der Waals surface area contributed by atoms with E-state index >= 15 is 0 Å². The molecule has 106 valence electrons. The Bertz CT molecular complexity index is 229. The van der Waals surface area contributed by atoms with Crippen LogP contribution in [0.5, 0.6) is 0 Å². The standard InChI is InChI=1S/C13H25NO4/c1-3-17-12(13(15)18-4-2)6-5-7-14-8-10-16-11-9-14/h12H,3-11H2,1-2H3. The molecule has 1 rings (SSSR count). The van der Waals surface area contributed by atoms with Crippen molar-refractivity contribution in [2.45, 2.75) is 32.8 Å². The van der Waals surface area contributed by atoms with Crippen molar-refractivity contribution < 1.29 is 19.0 Å². The molecule has 1 fully saturated rings. The fraction of sp³-hybridized carbons (Fsp3) is 0.923. The van der Waals surface area contributed by atoms with Crippen LogP contribution in [0.3, 0.4) is 0 Å². The maximum atomic E-state index is 11.6. The molecule has 1 saturated heterocycles. The molecule has 1 unspecified atom stereocenters. The van der Waals surface area contributed by atoms with Crippen molar-refractivity contribution in [1.29, 1.82) is 0 Å². The molecule has 18 heavy (non-hydrogen) atoms. The van der Waals surface area contributed by atoms with Gasteiger partial charge in [-0.3, -0.25) is 4.90 Å². The molecule has 0 spiro atoms. The van der Waals surface area contributed by atoms with Crippen LogP contribution >= 0.6 is 0 Å². The van der Waals surface area contributed by atoms with Gasteiger partial charge in [0.25, 0.3) is 0 Å². The number of hydrogen-bond acceptors (Lipinski definition) is 5. The van der Waals surface area contributed by atoms with Gasteiger partial charge in [0.1, 0.15) is 0 Å². The zero-order valence-corrected chi connectivity index (χ0v) is 11.5. The molecular formula is C13H25NO4. The average molecular weight is 259 g/mol. The van der Waals surface area contributed by atoms with Crippen LogP contribution in [-0.4, -0.2) is 63.0 Å². The summed E-state index contributed by atoms with van der Waals surface area (Å²) < 4.78 is 15.7. The third kappa shape index (κ3) is 5.80. The minimum absolute atomic E-state index is 0.235. The Morgan fingerprint density at radius 2 is 2.00 bits per heavy atom. The van der Waals surface area contributed by atoms with Gasteiger partial charge in [-0.2, -0.15) is 0 Å². The number of rotatable bonds is 8.